The Morgan fingerprint density at radius 3 is 2.62 bits per heavy atom. The molecule has 0 aliphatic carbocycles. The summed E-state index contributed by atoms with van der Waals surface area (Å²) in [5.74, 6) is 1.07. The molecule has 1 aromatic heterocycles. The fourth-order valence-corrected chi connectivity index (χ4v) is 4.04. The Bertz CT molecular complexity index is 1010. The minimum atomic E-state index is -0.666. The van der Waals surface area contributed by atoms with Crippen molar-refractivity contribution in [2.45, 2.75) is 13.0 Å². The molecule has 9 heteroatoms. The molecule has 1 amide bonds. The summed E-state index contributed by atoms with van der Waals surface area (Å²) in [5, 5.41) is 20.9. The molecule has 0 aliphatic rings. The van der Waals surface area contributed by atoms with E-state index >= 15 is 0 Å². The van der Waals surface area contributed by atoms with E-state index in [9.17, 15) is 9.90 Å². The maximum absolute atomic E-state index is 12.3. The molecule has 3 rings (SSSR count). The van der Waals surface area contributed by atoms with E-state index in [-0.39, 0.29) is 36.4 Å². The minimum absolute atomic E-state index is 0. The van der Waals surface area contributed by atoms with Gasteiger partial charge in [-0.15, -0.1) is 35.3 Å². The van der Waals surface area contributed by atoms with Gasteiger partial charge in [0.2, 0.25) is 0 Å². The number of fused-ring (bicyclic) bond motifs is 1. The maximum Gasteiger partial charge on any atom is 0.251 e. The molecule has 0 bridgehead atoms. The van der Waals surface area contributed by atoms with Gasteiger partial charge in [0.25, 0.3) is 5.91 Å². The van der Waals surface area contributed by atoms with E-state index in [2.05, 4.69) is 20.9 Å². The van der Waals surface area contributed by atoms with Crippen LogP contribution >= 0.6 is 35.3 Å². The number of rotatable bonds is 9. The van der Waals surface area contributed by atoms with Crippen molar-refractivity contribution in [3.05, 3.63) is 65.0 Å². The molecule has 0 radical (unpaired) electrons. The fraction of sp³-hybridized carbons (Fsp3) is 0.304. The average molecular weight is 568 g/mol. The van der Waals surface area contributed by atoms with E-state index < -0.39 is 6.10 Å². The van der Waals surface area contributed by atoms with Crippen molar-refractivity contribution in [3.8, 4) is 5.75 Å². The number of nitrogens with one attached hydrogen (secondary N) is 3. The monoisotopic (exact) mass is 568 g/mol. The van der Waals surface area contributed by atoms with Crippen LogP contribution < -0.4 is 20.7 Å². The number of carbonyl (C=O) groups excluding carboxylic acids is 1. The Morgan fingerprint density at radius 1 is 1.09 bits per heavy atom. The molecule has 0 fully saturated rings. The number of amides is 1. The number of halogens is 1. The zero-order chi connectivity index (χ0) is 22.1. The SMILES string of the molecule is CCNC(=NCC(O)c1cc2ccccc2s1)NCCNC(=O)c1cccc(OC)c1.I. The van der Waals surface area contributed by atoms with Crippen LogP contribution in [0.1, 0.15) is 28.3 Å². The van der Waals surface area contributed by atoms with E-state index in [0.29, 0.717) is 36.9 Å². The summed E-state index contributed by atoms with van der Waals surface area (Å²) < 4.78 is 6.30. The number of aliphatic imine (C=N–C) groups is 1. The molecule has 1 atom stereocenters. The lowest BCUT2D eigenvalue weighted by Gasteiger charge is -2.13. The molecule has 7 nitrogen and oxygen atoms in total. The number of nitrogens with zero attached hydrogens (tertiary/aromatic N) is 1. The molecule has 0 saturated heterocycles. The van der Waals surface area contributed by atoms with Crippen molar-refractivity contribution in [3.63, 3.8) is 0 Å². The van der Waals surface area contributed by atoms with Crippen LogP contribution in [0.15, 0.2) is 59.6 Å². The summed E-state index contributed by atoms with van der Waals surface area (Å²) in [6.07, 6.45) is -0.666. The van der Waals surface area contributed by atoms with Crippen molar-refractivity contribution >= 4 is 57.3 Å². The van der Waals surface area contributed by atoms with Gasteiger partial charge in [0.1, 0.15) is 11.9 Å². The number of hydrogen-bond donors (Lipinski definition) is 4. The highest BCUT2D eigenvalue weighted by Gasteiger charge is 2.11. The Kier molecular flexibility index (Phi) is 10.7. The molecule has 3 aromatic rings. The Hall–Kier alpha value is -2.37. The van der Waals surface area contributed by atoms with Gasteiger partial charge in [-0.3, -0.25) is 9.79 Å². The third kappa shape index (κ3) is 7.35. The number of benzene rings is 2. The Morgan fingerprint density at radius 2 is 1.88 bits per heavy atom. The van der Waals surface area contributed by atoms with Gasteiger partial charge in [0.05, 0.1) is 13.7 Å². The number of thiophene rings is 1. The van der Waals surface area contributed by atoms with Gasteiger partial charge in [0.15, 0.2) is 5.96 Å². The highest BCUT2D eigenvalue weighted by molar-refractivity contribution is 14.0. The number of carbonyl (C=O) groups is 1. The molecule has 32 heavy (non-hydrogen) atoms. The van der Waals surface area contributed by atoms with E-state index in [0.717, 1.165) is 15.0 Å². The summed E-state index contributed by atoms with van der Waals surface area (Å²) in [5.41, 5.74) is 0.548. The van der Waals surface area contributed by atoms with Crippen molar-refractivity contribution in [2.75, 3.05) is 33.3 Å². The van der Waals surface area contributed by atoms with Crippen LogP contribution in [-0.2, 0) is 0 Å². The van der Waals surface area contributed by atoms with Crippen LogP contribution in [0.2, 0.25) is 0 Å². The van der Waals surface area contributed by atoms with Gasteiger partial charge in [0, 0.05) is 34.8 Å². The molecule has 1 heterocycles. The second kappa shape index (κ2) is 13.2. The molecule has 0 aliphatic heterocycles. The Labute approximate surface area is 209 Å². The Balaban J connectivity index is 0.00000363. The smallest absolute Gasteiger partial charge is 0.251 e. The van der Waals surface area contributed by atoms with Crippen molar-refractivity contribution in [2.24, 2.45) is 4.99 Å². The number of hydrogen-bond acceptors (Lipinski definition) is 5. The number of guanidine groups is 1. The molecular weight excluding hydrogens is 539 g/mol. The lowest BCUT2D eigenvalue weighted by atomic mass is 10.2. The van der Waals surface area contributed by atoms with Crippen LogP contribution in [0.4, 0.5) is 0 Å². The predicted octanol–water partition coefficient (Wildman–Crippen LogP) is 3.55. The molecule has 0 saturated carbocycles. The first kappa shape index (κ1) is 25.9. The van der Waals surface area contributed by atoms with E-state index in [4.69, 9.17) is 4.74 Å². The van der Waals surface area contributed by atoms with Gasteiger partial charge in [-0.05, 0) is 42.6 Å². The highest BCUT2D eigenvalue weighted by atomic mass is 127. The molecule has 0 spiro atoms. The van der Waals surface area contributed by atoms with Crippen LogP contribution in [0.25, 0.3) is 10.1 Å². The molecule has 172 valence electrons. The second-order valence-corrected chi connectivity index (χ2v) is 7.95. The third-order valence-electron chi connectivity index (χ3n) is 4.57. The zero-order valence-corrected chi connectivity index (χ0v) is 21.3. The molecule has 2 aromatic carbocycles. The first-order valence-electron chi connectivity index (χ1n) is 10.2. The zero-order valence-electron chi connectivity index (χ0n) is 18.1. The van der Waals surface area contributed by atoms with Crippen LogP contribution in [-0.4, -0.2) is 50.3 Å². The first-order valence-corrected chi connectivity index (χ1v) is 11.0. The van der Waals surface area contributed by atoms with Crippen LogP contribution in [0, 0.1) is 0 Å². The first-order chi connectivity index (χ1) is 15.1. The normalized spacial score (nSPS) is 12.0. The summed E-state index contributed by atoms with van der Waals surface area (Å²) in [6, 6.07) is 17.1. The number of methoxy groups -OCH3 is 1. The largest absolute Gasteiger partial charge is 0.497 e. The average Bonchev–Trinajstić information content (AvgIpc) is 3.24. The van der Waals surface area contributed by atoms with Gasteiger partial charge in [-0.2, -0.15) is 0 Å². The summed E-state index contributed by atoms with van der Waals surface area (Å²) >= 11 is 1.58. The van der Waals surface area contributed by atoms with Crippen LogP contribution in [0.5, 0.6) is 5.75 Å². The van der Waals surface area contributed by atoms with E-state index in [1.807, 2.05) is 37.3 Å². The van der Waals surface area contributed by atoms with Crippen molar-refractivity contribution in [1.82, 2.24) is 16.0 Å². The standard InChI is InChI=1S/C23H28N4O3S.HI/c1-3-24-23(26-12-11-25-22(29)17-8-6-9-18(13-17)30-2)27-15-19(28)21-14-16-7-4-5-10-20(16)31-21;/h4-10,13-14,19,28H,3,11-12,15H2,1-2H3,(H,25,29)(H2,24,26,27);1H. The maximum atomic E-state index is 12.3. The number of aliphatic hydroxyl groups is 1. The third-order valence-corrected chi connectivity index (χ3v) is 5.79. The summed E-state index contributed by atoms with van der Waals surface area (Å²) in [6.45, 7) is 3.85. The van der Waals surface area contributed by atoms with Gasteiger partial charge in [-0.25, -0.2) is 0 Å². The minimum Gasteiger partial charge on any atom is -0.497 e. The molecule has 4 N–H and O–H groups in total. The van der Waals surface area contributed by atoms with E-state index in [1.54, 1.807) is 42.7 Å². The topological polar surface area (TPSA) is 95.0 Å². The number of ether oxygens (including phenoxy) is 1. The van der Waals surface area contributed by atoms with Crippen LogP contribution in [0.3, 0.4) is 0 Å². The highest BCUT2D eigenvalue weighted by Crippen LogP contribution is 2.29. The summed E-state index contributed by atoms with van der Waals surface area (Å²) in [4.78, 5) is 17.6. The van der Waals surface area contributed by atoms with Gasteiger partial charge < -0.3 is 25.8 Å². The van der Waals surface area contributed by atoms with Gasteiger partial charge in [-0.1, -0.05) is 24.3 Å². The van der Waals surface area contributed by atoms with E-state index in [1.165, 1.54) is 0 Å². The van der Waals surface area contributed by atoms with Crippen molar-refractivity contribution < 1.29 is 14.6 Å². The fourth-order valence-electron chi connectivity index (χ4n) is 3.00. The lowest BCUT2D eigenvalue weighted by Crippen LogP contribution is -2.41. The molecule has 1 unspecified atom stereocenters. The summed E-state index contributed by atoms with van der Waals surface area (Å²) in [7, 11) is 1.57. The van der Waals surface area contributed by atoms with Gasteiger partial charge >= 0.3 is 0 Å². The quantitative estimate of drug-likeness (QED) is 0.137. The second-order valence-electron chi connectivity index (χ2n) is 6.84. The van der Waals surface area contributed by atoms with Crippen molar-refractivity contribution in [1.29, 1.82) is 0 Å². The predicted molar refractivity (Wildman–Crippen MR) is 142 cm³/mol. The molecular formula is C23H29IN4O3S. The number of aliphatic hydroxyl groups excluding tert-OH is 1. The lowest BCUT2D eigenvalue weighted by molar-refractivity contribution is 0.0954.